The van der Waals surface area contributed by atoms with Crippen molar-refractivity contribution in [3.8, 4) is 0 Å². The first-order valence-electron chi connectivity index (χ1n) is 15.6. The van der Waals surface area contributed by atoms with Crippen molar-refractivity contribution in [3.63, 3.8) is 0 Å². The van der Waals surface area contributed by atoms with Gasteiger partial charge in [-0.25, -0.2) is 0 Å². The molecule has 1 aliphatic heterocycles. The fourth-order valence-electron chi connectivity index (χ4n) is 5.20. The molecule has 3 aromatic rings. The maximum absolute atomic E-state index is 13.8. The SMILES string of the molecule is CCOC(C)(C)C(=O)N1CCNC(=O)[C@@H](Cc2ccccc2)NC(=O)[C@H](Cc2ccccc2)NC(=O)[C@H](C)NC(=O)c2cc(on2)C1. The second-order valence-electron chi connectivity index (χ2n) is 11.8. The molecule has 0 radical (unpaired) electrons. The van der Waals surface area contributed by atoms with Crippen molar-refractivity contribution >= 4 is 29.5 Å². The summed E-state index contributed by atoms with van der Waals surface area (Å²) in [5, 5.41) is 14.8. The Morgan fingerprint density at radius 3 is 2.06 bits per heavy atom. The van der Waals surface area contributed by atoms with Crippen molar-refractivity contribution in [1.82, 2.24) is 31.3 Å². The predicted molar refractivity (Wildman–Crippen MR) is 172 cm³/mol. The van der Waals surface area contributed by atoms with Gasteiger partial charge < -0.3 is 35.4 Å². The van der Waals surface area contributed by atoms with Crippen LogP contribution < -0.4 is 21.3 Å². The minimum absolute atomic E-state index is 0.0388. The van der Waals surface area contributed by atoms with E-state index in [1.54, 1.807) is 20.8 Å². The van der Waals surface area contributed by atoms with E-state index in [0.29, 0.717) is 6.61 Å². The number of benzene rings is 2. The number of hydrogen-bond donors (Lipinski definition) is 4. The van der Waals surface area contributed by atoms with E-state index in [-0.39, 0.29) is 49.8 Å². The van der Waals surface area contributed by atoms with Crippen LogP contribution in [0.4, 0.5) is 0 Å². The lowest BCUT2D eigenvalue weighted by Gasteiger charge is -2.31. The summed E-state index contributed by atoms with van der Waals surface area (Å²) in [4.78, 5) is 68.7. The lowest BCUT2D eigenvalue weighted by molar-refractivity contribution is -0.154. The zero-order chi connectivity index (χ0) is 34.0. The number of nitrogens with zero attached hydrogens (tertiary/aromatic N) is 2. The van der Waals surface area contributed by atoms with Crippen LogP contribution in [-0.4, -0.2) is 83.0 Å². The lowest BCUT2D eigenvalue weighted by atomic mass is 10.0. The Labute approximate surface area is 273 Å². The Morgan fingerprint density at radius 2 is 1.47 bits per heavy atom. The molecule has 3 atom stereocenters. The van der Waals surface area contributed by atoms with E-state index in [2.05, 4.69) is 26.4 Å². The van der Waals surface area contributed by atoms with Crippen LogP contribution in [0.25, 0.3) is 0 Å². The van der Waals surface area contributed by atoms with Crippen molar-refractivity contribution < 1.29 is 33.2 Å². The molecule has 5 amide bonds. The quantitative estimate of drug-likeness (QED) is 0.299. The second kappa shape index (κ2) is 16.0. The highest BCUT2D eigenvalue weighted by atomic mass is 16.5. The minimum atomic E-state index is -1.18. The van der Waals surface area contributed by atoms with Gasteiger partial charge in [-0.2, -0.15) is 0 Å². The fraction of sp³-hybridized carbons (Fsp3) is 0.412. The molecule has 13 nitrogen and oxygen atoms in total. The van der Waals surface area contributed by atoms with Gasteiger partial charge in [0, 0.05) is 38.6 Å². The Balaban J connectivity index is 1.66. The summed E-state index contributed by atoms with van der Waals surface area (Å²) in [7, 11) is 0. The van der Waals surface area contributed by atoms with E-state index >= 15 is 0 Å². The molecule has 4 rings (SSSR count). The zero-order valence-corrected chi connectivity index (χ0v) is 27.1. The van der Waals surface area contributed by atoms with E-state index in [1.165, 1.54) is 17.9 Å². The van der Waals surface area contributed by atoms with E-state index in [0.717, 1.165) is 11.1 Å². The molecule has 0 saturated carbocycles. The normalized spacial score (nSPS) is 20.3. The third-order valence-electron chi connectivity index (χ3n) is 7.70. The average Bonchev–Trinajstić information content (AvgIpc) is 3.52. The van der Waals surface area contributed by atoms with E-state index in [1.807, 2.05) is 60.7 Å². The standard InChI is InChI=1S/C34H42N6O7/c1-5-46-34(3,4)33(45)40-17-16-35-30(42)26(18-23-12-8-6-9-13-23)38-31(43)27(19-24-14-10-7-11-15-24)37-29(41)22(2)36-32(44)28-20-25(21-40)47-39-28/h6-15,20,22,26-27H,5,16-19,21H2,1-4H3,(H,35,42)(H,36,44)(H,37,41)(H,38,43)/t22-,26+,27-/m0/s1. The molecule has 2 heterocycles. The number of amides is 5. The minimum Gasteiger partial charge on any atom is -0.366 e. The van der Waals surface area contributed by atoms with Crippen LogP contribution in [0, 0.1) is 0 Å². The van der Waals surface area contributed by atoms with Crippen LogP contribution in [-0.2, 0) is 43.3 Å². The summed E-state index contributed by atoms with van der Waals surface area (Å²) in [6.07, 6.45) is 0.315. The number of ether oxygens (including phenoxy) is 1. The molecule has 0 spiro atoms. The van der Waals surface area contributed by atoms with Crippen LogP contribution in [0.2, 0.25) is 0 Å². The molecular weight excluding hydrogens is 604 g/mol. The molecule has 2 aromatic carbocycles. The summed E-state index contributed by atoms with van der Waals surface area (Å²) < 4.78 is 11.1. The number of carbonyl (C=O) groups is 5. The van der Waals surface area contributed by atoms with Gasteiger partial charge in [-0.3, -0.25) is 24.0 Å². The predicted octanol–water partition coefficient (Wildman–Crippen LogP) is 1.52. The molecule has 250 valence electrons. The Bertz CT molecular complexity index is 1540. The molecule has 1 aromatic heterocycles. The van der Waals surface area contributed by atoms with Gasteiger partial charge >= 0.3 is 0 Å². The largest absolute Gasteiger partial charge is 0.366 e. The van der Waals surface area contributed by atoms with Crippen molar-refractivity contribution in [2.45, 2.75) is 70.8 Å². The van der Waals surface area contributed by atoms with Crippen LogP contribution in [0.3, 0.4) is 0 Å². The van der Waals surface area contributed by atoms with Crippen LogP contribution >= 0.6 is 0 Å². The number of fused-ring (bicyclic) bond motifs is 2. The van der Waals surface area contributed by atoms with Crippen molar-refractivity contribution in [1.29, 1.82) is 0 Å². The third-order valence-corrected chi connectivity index (χ3v) is 7.70. The van der Waals surface area contributed by atoms with Gasteiger partial charge in [-0.05, 0) is 38.8 Å². The number of nitrogens with one attached hydrogen (secondary N) is 4. The average molecular weight is 647 g/mol. The molecule has 0 unspecified atom stereocenters. The molecule has 0 aliphatic carbocycles. The van der Waals surface area contributed by atoms with Gasteiger partial charge in [-0.1, -0.05) is 65.8 Å². The van der Waals surface area contributed by atoms with E-state index in [9.17, 15) is 24.0 Å². The first kappa shape index (κ1) is 34.8. The maximum atomic E-state index is 13.8. The summed E-state index contributed by atoms with van der Waals surface area (Å²) >= 11 is 0. The van der Waals surface area contributed by atoms with E-state index < -0.39 is 47.4 Å². The van der Waals surface area contributed by atoms with Crippen LogP contribution in [0.5, 0.6) is 0 Å². The summed E-state index contributed by atoms with van der Waals surface area (Å²) in [5.74, 6) is -2.47. The molecule has 1 aliphatic rings. The highest BCUT2D eigenvalue weighted by Gasteiger charge is 2.34. The highest BCUT2D eigenvalue weighted by Crippen LogP contribution is 2.17. The molecule has 0 fully saturated rings. The lowest BCUT2D eigenvalue weighted by Crippen LogP contribution is -2.57. The van der Waals surface area contributed by atoms with Gasteiger partial charge in [0.1, 0.15) is 23.7 Å². The highest BCUT2D eigenvalue weighted by molar-refractivity contribution is 5.97. The van der Waals surface area contributed by atoms with E-state index in [4.69, 9.17) is 9.26 Å². The van der Waals surface area contributed by atoms with Gasteiger partial charge in [0.05, 0.1) is 6.54 Å². The van der Waals surface area contributed by atoms with Crippen LogP contribution in [0.15, 0.2) is 71.3 Å². The Kier molecular flexibility index (Phi) is 11.8. The van der Waals surface area contributed by atoms with Crippen LogP contribution in [0.1, 0.15) is 55.1 Å². The maximum Gasteiger partial charge on any atom is 0.274 e. The number of carbonyl (C=O) groups excluding carboxylic acids is 5. The molecule has 0 saturated heterocycles. The van der Waals surface area contributed by atoms with Gasteiger partial charge in [0.25, 0.3) is 11.8 Å². The summed E-state index contributed by atoms with van der Waals surface area (Å²) in [5.41, 5.74) is 0.321. The molecule has 4 N–H and O–H groups in total. The smallest absolute Gasteiger partial charge is 0.274 e. The molecule has 2 bridgehead atoms. The third kappa shape index (κ3) is 9.72. The molecule has 47 heavy (non-hydrogen) atoms. The number of hydrogen-bond acceptors (Lipinski definition) is 8. The second-order valence-corrected chi connectivity index (χ2v) is 11.8. The Morgan fingerprint density at radius 1 is 0.894 bits per heavy atom. The molecule has 13 heteroatoms. The van der Waals surface area contributed by atoms with Gasteiger partial charge in [0.2, 0.25) is 17.7 Å². The number of rotatable bonds is 7. The topological polar surface area (TPSA) is 172 Å². The first-order chi connectivity index (χ1) is 22.5. The first-order valence-corrected chi connectivity index (χ1v) is 15.6. The fourth-order valence-corrected chi connectivity index (χ4v) is 5.20. The summed E-state index contributed by atoms with van der Waals surface area (Å²) in [6.45, 7) is 6.89. The van der Waals surface area contributed by atoms with Crippen molar-refractivity contribution in [3.05, 3.63) is 89.3 Å². The molecular formula is C34H42N6O7. The summed E-state index contributed by atoms with van der Waals surface area (Å²) in [6, 6.07) is 16.6. The van der Waals surface area contributed by atoms with Gasteiger partial charge in [-0.15, -0.1) is 0 Å². The Hall–Kier alpha value is -5.04. The zero-order valence-electron chi connectivity index (χ0n) is 27.1. The van der Waals surface area contributed by atoms with Gasteiger partial charge in [0.15, 0.2) is 11.5 Å². The van der Waals surface area contributed by atoms with Crippen molar-refractivity contribution in [2.75, 3.05) is 19.7 Å². The monoisotopic (exact) mass is 646 g/mol. The number of aromatic nitrogens is 1. The van der Waals surface area contributed by atoms with Crippen molar-refractivity contribution in [2.24, 2.45) is 0 Å².